The van der Waals surface area contributed by atoms with Crippen molar-refractivity contribution in [2.24, 2.45) is 0 Å². The van der Waals surface area contributed by atoms with Gasteiger partial charge in [0.2, 0.25) is 5.91 Å². The first-order chi connectivity index (χ1) is 14.1. The molecule has 1 amide bonds. The summed E-state index contributed by atoms with van der Waals surface area (Å²) in [4.78, 5) is 12.5. The number of ether oxygens (including phenoxy) is 2. The van der Waals surface area contributed by atoms with E-state index in [9.17, 15) is 9.18 Å². The number of anilines is 1. The van der Waals surface area contributed by atoms with E-state index in [4.69, 9.17) is 9.47 Å². The minimum absolute atomic E-state index is 0.0989. The Labute approximate surface area is 168 Å². The fourth-order valence-corrected chi connectivity index (χ4v) is 3.58. The second-order valence-electron chi connectivity index (χ2n) is 6.71. The number of carbonyl (C=O) groups excluding carboxylic acids is 1. The number of nitrogens with zero attached hydrogens (tertiary/aromatic N) is 2. The highest BCUT2D eigenvalue weighted by Crippen LogP contribution is 2.40. The van der Waals surface area contributed by atoms with Gasteiger partial charge in [-0.05, 0) is 55.8 Å². The van der Waals surface area contributed by atoms with Gasteiger partial charge in [0.15, 0.2) is 11.5 Å². The van der Waals surface area contributed by atoms with Crippen molar-refractivity contribution in [1.82, 2.24) is 9.78 Å². The van der Waals surface area contributed by atoms with Crippen LogP contribution in [0.15, 0.2) is 48.7 Å². The Balaban J connectivity index is 1.75. The summed E-state index contributed by atoms with van der Waals surface area (Å²) in [6, 6.07) is 11.7. The number of fused-ring (bicyclic) bond motifs is 1. The second-order valence-corrected chi connectivity index (χ2v) is 6.71. The minimum atomic E-state index is -0.325. The fraction of sp³-hybridized carbons (Fsp3) is 0.273. The molecule has 0 aliphatic carbocycles. The molecule has 0 spiro atoms. The molecule has 29 heavy (non-hydrogen) atoms. The lowest BCUT2D eigenvalue weighted by Gasteiger charge is -2.24. The van der Waals surface area contributed by atoms with Crippen molar-refractivity contribution in [2.45, 2.75) is 26.2 Å². The Bertz CT molecular complexity index is 1030. The third-order valence-corrected chi connectivity index (χ3v) is 4.86. The molecule has 0 bridgehead atoms. The second kappa shape index (κ2) is 7.95. The molecule has 0 unspecified atom stereocenters. The van der Waals surface area contributed by atoms with E-state index in [1.165, 1.54) is 12.1 Å². The Morgan fingerprint density at radius 2 is 1.83 bits per heavy atom. The van der Waals surface area contributed by atoms with E-state index < -0.39 is 0 Å². The van der Waals surface area contributed by atoms with Crippen molar-refractivity contribution in [3.63, 3.8) is 0 Å². The zero-order valence-corrected chi connectivity index (χ0v) is 16.3. The SMILES string of the molecule is CCOc1ccc([C@@H]2CC(=O)Nc3c2cnn3-c2ccc(F)cc2)cc1OCC. The fourth-order valence-electron chi connectivity index (χ4n) is 3.58. The van der Waals surface area contributed by atoms with Crippen LogP contribution in [-0.2, 0) is 4.79 Å². The van der Waals surface area contributed by atoms with Gasteiger partial charge in [-0.2, -0.15) is 5.10 Å². The number of halogens is 1. The molecule has 7 heteroatoms. The van der Waals surface area contributed by atoms with Crippen LogP contribution in [-0.4, -0.2) is 28.9 Å². The molecule has 6 nitrogen and oxygen atoms in total. The summed E-state index contributed by atoms with van der Waals surface area (Å²) >= 11 is 0. The van der Waals surface area contributed by atoms with E-state index in [0.29, 0.717) is 42.6 Å². The maximum Gasteiger partial charge on any atom is 0.226 e. The van der Waals surface area contributed by atoms with Crippen LogP contribution in [0.25, 0.3) is 5.69 Å². The average Bonchev–Trinajstić information content (AvgIpc) is 3.13. The maximum atomic E-state index is 13.3. The first-order valence-corrected chi connectivity index (χ1v) is 9.64. The zero-order valence-electron chi connectivity index (χ0n) is 16.3. The molecule has 2 aromatic carbocycles. The van der Waals surface area contributed by atoms with Crippen molar-refractivity contribution in [1.29, 1.82) is 0 Å². The van der Waals surface area contributed by atoms with E-state index in [1.807, 2.05) is 32.0 Å². The van der Waals surface area contributed by atoms with Gasteiger partial charge in [0, 0.05) is 17.9 Å². The summed E-state index contributed by atoms with van der Waals surface area (Å²) in [6.07, 6.45) is 2.06. The summed E-state index contributed by atoms with van der Waals surface area (Å²) in [5, 5.41) is 7.34. The van der Waals surface area contributed by atoms with E-state index in [-0.39, 0.29) is 17.6 Å². The van der Waals surface area contributed by atoms with Crippen LogP contribution in [0.1, 0.15) is 37.3 Å². The third-order valence-electron chi connectivity index (χ3n) is 4.86. The summed E-state index contributed by atoms with van der Waals surface area (Å²) in [7, 11) is 0. The molecule has 1 aliphatic heterocycles. The van der Waals surface area contributed by atoms with Gasteiger partial charge in [-0.15, -0.1) is 0 Å². The number of benzene rings is 2. The van der Waals surface area contributed by atoms with E-state index in [1.54, 1.807) is 23.0 Å². The Hall–Kier alpha value is -3.35. The quantitative estimate of drug-likeness (QED) is 0.677. The standard InChI is InChI=1S/C22H22FN3O3/c1-3-28-19-10-5-14(11-20(19)29-4-2)17-12-21(27)25-22-18(17)13-24-26(22)16-8-6-15(23)7-9-16/h5-11,13,17H,3-4,12H2,1-2H3,(H,25,27)/t17-/m0/s1. The summed E-state index contributed by atoms with van der Waals surface area (Å²) < 4.78 is 26.3. The topological polar surface area (TPSA) is 65.4 Å². The molecule has 3 aromatic rings. The molecule has 4 rings (SSSR count). The zero-order chi connectivity index (χ0) is 20.4. The predicted molar refractivity (Wildman–Crippen MR) is 107 cm³/mol. The molecular formula is C22H22FN3O3. The highest BCUT2D eigenvalue weighted by Gasteiger charge is 2.31. The van der Waals surface area contributed by atoms with E-state index in [2.05, 4.69) is 10.4 Å². The van der Waals surface area contributed by atoms with Crippen molar-refractivity contribution >= 4 is 11.7 Å². The van der Waals surface area contributed by atoms with Crippen LogP contribution < -0.4 is 14.8 Å². The lowest BCUT2D eigenvalue weighted by molar-refractivity contribution is -0.116. The number of carbonyl (C=O) groups is 1. The monoisotopic (exact) mass is 395 g/mol. The molecule has 2 heterocycles. The molecule has 0 radical (unpaired) electrons. The number of rotatable bonds is 6. The number of hydrogen-bond acceptors (Lipinski definition) is 4. The van der Waals surface area contributed by atoms with E-state index >= 15 is 0 Å². The van der Waals surface area contributed by atoms with Crippen LogP contribution >= 0.6 is 0 Å². The lowest BCUT2D eigenvalue weighted by atomic mass is 9.87. The van der Waals surface area contributed by atoms with Crippen molar-refractivity contribution in [2.75, 3.05) is 18.5 Å². The smallest absolute Gasteiger partial charge is 0.226 e. The van der Waals surface area contributed by atoms with Crippen LogP contribution in [0.4, 0.5) is 10.2 Å². The van der Waals surface area contributed by atoms with Crippen molar-refractivity contribution in [3.05, 3.63) is 65.6 Å². The first-order valence-electron chi connectivity index (χ1n) is 9.64. The molecule has 1 N–H and O–H groups in total. The molecule has 0 saturated carbocycles. The van der Waals surface area contributed by atoms with E-state index in [0.717, 1.165) is 11.1 Å². The summed E-state index contributed by atoms with van der Waals surface area (Å²) in [5.41, 5.74) is 2.53. The normalized spacial score (nSPS) is 15.6. The minimum Gasteiger partial charge on any atom is -0.490 e. The molecule has 1 aliphatic rings. The molecule has 0 saturated heterocycles. The highest BCUT2D eigenvalue weighted by molar-refractivity contribution is 5.94. The summed E-state index contributed by atoms with van der Waals surface area (Å²) in [5.74, 6) is 1.35. The lowest BCUT2D eigenvalue weighted by Crippen LogP contribution is -2.24. The molecule has 0 fully saturated rings. The first kappa shape index (κ1) is 19.0. The van der Waals surface area contributed by atoms with Gasteiger partial charge in [-0.3, -0.25) is 4.79 Å². The van der Waals surface area contributed by atoms with Crippen molar-refractivity contribution < 1.29 is 18.7 Å². The highest BCUT2D eigenvalue weighted by atomic mass is 19.1. The number of nitrogens with one attached hydrogen (secondary N) is 1. The number of hydrogen-bond donors (Lipinski definition) is 1. The molecule has 1 aromatic heterocycles. The average molecular weight is 395 g/mol. The van der Waals surface area contributed by atoms with Gasteiger partial charge in [-0.1, -0.05) is 6.07 Å². The number of amides is 1. The largest absolute Gasteiger partial charge is 0.490 e. The van der Waals surface area contributed by atoms with Gasteiger partial charge < -0.3 is 14.8 Å². The molecule has 150 valence electrons. The maximum absolute atomic E-state index is 13.3. The van der Waals surface area contributed by atoms with Crippen LogP contribution in [0.5, 0.6) is 11.5 Å². The van der Waals surface area contributed by atoms with Gasteiger partial charge in [0.25, 0.3) is 0 Å². The van der Waals surface area contributed by atoms with Gasteiger partial charge in [-0.25, -0.2) is 9.07 Å². The van der Waals surface area contributed by atoms with Gasteiger partial charge in [0.05, 0.1) is 25.1 Å². The van der Waals surface area contributed by atoms with Crippen LogP contribution in [0, 0.1) is 5.82 Å². The summed E-state index contributed by atoms with van der Waals surface area (Å²) in [6.45, 7) is 4.90. The van der Waals surface area contributed by atoms with Gasteiger partial charge in [0.1, 0.15) is 11.6 Å². The molecule has 1 atom stereocenters. The van der Waals surface area contributed by atoms with Crippen molar-refractivity contribution in [3.8, 4) is 17.2 Å². The Kier molecular flexibility index (Phi) is 5.20. The Morgan fingerprint density at radius 3 is 2.55 bits per heavy atom. The molecular weight excluding hydrogens is 373 g/mol. The van der Waals surface area contributed by atoms with Gasteiger partial charge >= 0.3 is 0 Å². The van der Waals surface area contributed by atoms with Crippen LogP contribution in [0.2, 0.25) is 0 Å². The van der Waals surface area contributed by atoms with Crippen LogP contribution in [0.3, 0.4) is 0 Å². The number of aromatic nitrogens is 2. The third kappa shape index (κ3) is 3.68. The Morgan fingerprint density at radius 1 is 1.10 bits per heavy atom. The predicted octanol–water partition coefficient (Wildman–Crippen LogP) is 4.28.